The molecule has 0 aromatic rings. The molecule has 25 heavy (non-hydrogen) atoms. The van der Waals surface area contributed by atoms with Crippen LogP contribution in [-0.4, -0.2) is 49.4 Å². The van der Waals surface area contributed by atoms with Gasteiger partial charge in [0, 0.05) is 26.7 Å². The van der Waals surface area contributed by atoms with E-state index in [1.165, 1.54) is 24.2 Å². The second-order valence-corrected chi connectivity index (χ2v) is 7.50. The predicted molar refractivity (Wildman–Crippen MR) is 107 cm³/mol. The molecule has 0 aromatic heterocycles. The lowest BCUT2D eigenvalue weighted by molar-refractivity contribution is -0.140. The maximum absolute atomic E-state index is 12.6. The molecule has 3 aliphatic carbocycles. The third kappa shape index (κ3) is 3.31. The van der Waals surface area contributed by atoms with Gasteiger partial charge in [0.15, 0.2) is 5.96 Å². The zero-order valence-corrected chi connectivity index (χ0v) is 16.9. The highest BCUT2D eigenvalue weighted by Crippen LogP contribution is 2.52. The van der Waals surface area contributed by atoms with Gasteiger partial charge in [-0.05, 0) is 37.0 Å². The molecule has 4 atom stereocenters. The highest BCUT2D eigenvalue weighted by molar-refractivity contribution is 14.0. The second-order valence-electron chi connectivity index (χ2n) is 7.50. The van der Waals surface area contributed by atoms with Crippen LogP contribution in [-0.2, 0) is 9.59 Å². The van der Waals surface area contributed by atoms with Crippen LogP contribution in [0.5, 0.6) is 0 Å². The maximum atomic E-state index is 12.6. The molecule has 1 heterocycles. The number of carbonyl (C=O) groups excluding carboxylic acids is 2. The third-order valence-corrected chi connectivity index (χ3v) is 6.20. The number of fused-ring (bicyclic) bond motifs is 5. The molecule has 1 saturated heterocycles. The lowest BCUT2D eigenvalue weighted by Crippen LogP contribution is -2.45. The zero-order valence-electron chi connectivity index (χ0n) is 14.6. The number of aliphatic imine (C=N–C) groups is 1. The van der Waals surface area contributed by atoms with Crippen LogP contribution in [0.3, 0.4) is 0 Å². The van der Waals surface area contributed by atoms with E-state index in [4.69, 9.17) is 0 Å². The maximum Gasteiger partial charge on any atom is 0.233 e. The molecule has 0 radical (unpaired) electrons. The number of imide groups is 1. The number of nitrogens with zero attached hydrogens (tertiary/aromatic N) is 2. The summed E-state index contributed by atoms with van der Waals surface area (Å²) in [5, 5.41) is 6.55. The summed E-state index contributed by atoms with van der Waals surface area (Å²) in [4.78, 5) is 30.9. The Labute approximate surface area is 165 Å². The number of nitrogens with one attached hydrogen (secondary N) is 2. The van der Waals surface area contributed by atoms with Crippen LogP contribution in [0.4, 0.5) is 0 Å². The van der Waals surface area contributed by atoms with E-state index in [0.717, 1.165) is 24.8 Å². The van der Waals surface area contributed by atoms with Crippen LogP contribution in [0, 0.1) is 29.6 Å². The molecule has 4 aliphatic rings. The van der Waals surface area contributed by atoms with E-state index >= 15 is 0 Å². The van der Waals surface area contributed by atoms with Gasteiger partial charge in [-0.25, -0.2) is 0 Å². The normalized spacial score (nSPS) is 33.3. The lowest BCUT2D eigenvalue weighted by atomic mass is 9.85. The zero-order chi connectivity index (χ0) is 16.7. The van der Waals surface area contributed by atoms with E-state index in [2.05, 4.69) is 27.8 Å². The monoisotopic (exact) mass is 458 g/mol. The minimum absolute atomic E-state index is 0. The highest BCUT2D eigenvalue weighted by atomic mass is 127. The summed E-state index contributed by atoms with van der Waals surface area (Å²) in [6.45, 7) is 1.92. The number of hydrogen-bond donors (Lipinski definition) is 2. The van der Waals surface area contributed by atoms with Gasteiger partial charge in [-0.2, -0.15) is 0 Å². The summed E-state index contributed by atoms with van der Waals surface area (Å²) >= 11 is 0. The van der Waals surface area contributed by atoms with Crippen molar-refractivity contribution in [3.05, 3.63) is 12.2 Å². The summed E-state index contributed by atoms with van der Waals surface area (Å²) in [5.74, 6) is 1.95. The van der Waals surface area contributed by atoms with Crippen LogP contribution >= 0.6 is 24.0 Å². The summed E-state index contributed by atoms with van der Waals surface area (Å²) in [7, 11) is 1.75. The number of halogens is 1. The van der Waals surface area contributed by atoms with E-state index in [1.54, 1.807) is 7.05 Å². The van der Waals surface area contributed by atoms with Crippen LogP contribution in [0.15, 0.2) is 17.1 Å². The summed E-state index contributed by atoms with van der Waals surface area (Å²) in [6, 6.07) is 0. The van der Waals surface area contributed by atoms with Gasteiger partial charge in [0.05, 0.1) is 11.8 Å². The van der Waals surface area contributed by atoms with Crippen LogP contribution < -0.4 is 10.6 Å². The first-order valence-electron chi connectivity index (χ1n) is 9.17. The second kappa shape index (κ2) is 7.63. The topological polar surface area (TPSA) is 73.8 Å². The van der Waals surface area contributed by atoms with Gasteiger partial charge in [0.25, 0.3) is 0 Å². The molecular weight excluding hydrogens is 431 g/mol. The van der Waals surface area contributed by atoms with Crippen molar-refractivity contribution in [1.82, 2.24) is 15.5 Å². The van der Waals surface area contributed by atoms with Gasteiger partial charge < -0.3 is 10.6 Å². The van der Waals surface area contributed by atoms with Crippen molar-refractivity contribution in [2.45, 2.75) is 25.7 Å². The largest absolute Gasteiger partial charge is 0.356 e. The van der Waals surface area contributed by atoms with Crippen LogP contribution in [0.2, 0.25) is 0 Å². The number of allylic oxidation sites excluding steroid dienone is 2. The van der Waals surface area contributed by atoms with Crippen molar-refractivity contribution in [1.29, 1.82) is 0 Å². The van der Waals surface area contributed by atoms with Crippen molar-refractivity contribution >= 4 is 41.8 Å². The Kier molecular flexibility index (Phi) is 5.70. The van der Waals surface area contributed by atoms with Gasteiger partial charge in [0.1, 0.15) is 0 Å². The number of carbonyl (C=O) groups is 2. The number of amides is 2. The SMILES string of the molecule is CN=C(NCCN1C(=O)C2C3C=CC(C3)C2C1=O)NCC1CCC1.I. The molecule has 4 rings (SSSR count). The van der Waals surface area contributed by atoms with Crippen molar-refractivity contribution < 1.29 is 9.59 Å². The van der Waals surface area contributed by atoms with E-state index in [9.17, 15) is 9.59 Å². The van der Waals surface area contributed by atoms with E-state index in [1.807, 2.05) is 0 Å². The first kappa shape index (κ1) is 18.7. The quantitative estimate of drug-likeness (QED) is 0.215. The van der Waals surface area contributed by atoms with Crippen LogP contribution in [0.1, 0.15) is 25.7 Å². The molecule has 7 heteroatoms. The van der Waals surface area contributed by atoms with Gasteiger partial charge >= 0.3 is 0 Å². The van der Waals surface area contributed by atoms with Crippen molar-refractivity contribution in [3.8, 4) is 0 Å². The molecule has 3 fully saturated rings. The fraction of sp³-hybridized carbons (Fsp3) is 0.722. The Bertz CT molecular complexity index is 572. The molecule has 1 aliphatic heterocycles. The highest BCUT2D eigenvalue weighted by Gasteiger charge is 2.58. The number of likely N-dealkylation sites (tertiary alicyclic amines) is 1. The lowest BCUT2D eigenvalue weighted by Gasteiger charge is -2.26. The van der Waals surface area contributed by atoms with Gasteiger partial charge in [-0.3, -0.25) is 19.5 Å². The molecule has 2 N–H and O–H groups in total. The van der Waals surface area contributed by atoms with E-state index in [-0.39, 0.29) is 59.5 Å². The van der Waals surface area contributed by atoms with Crippen molar-refractivity contribution in [2.24, 2.45) is 34.6 Å². The number of hydrogen-bond acceptors (Lipinski definition) is 3. The first-order chi connectivity index (χ1) is 11.7. The molecule has 6 nitrogen and oxygen atoms in total. The number of guanidine groups is 1. The van der Waals surface area contributed by atoms with E-state index in [0.29, 0.717) is 13.1 Å². The van der Waals surface area contributed by atoms with E-state index < -0.39 is 0 Å². The van der Waals surface area contributed by atoms with Gasteiger partial charge in [0.2, 0.25) is 11.8 Å². The molecule has 138 valence electrons. The molecular formula is C18H27IN4O2. The average Bonchev–Trinajstić information content (AvgIpc) is 3.20. The molecule has 2 amide bonds. The Balaban J connectivity index is 0.00000182. The van der Waals surface area contributed by atoms with Gasteiger partial charge in [-0.15, -0.1) is 24.0 Å². The Hall–Kier alpha value is -1.12. The fourth-order valence-corrected chi connectivity index (χ4v) is 4.63. The summed E-state index contributed by atoms with van der Waals surface area (Å²) < 4.78 is 0. The van der Waals surface area contributed by atoms with Crippen molar-refractivity contribution in [3.63, 3.8) is 0 Å². The molecule has 2 saturated carbocycles. The fourth-order valence-electron chi connectivity index (χ4n) is 4.63. The summed E-state index contributed by atoms with van der Waals surface area (Å²) in [5.41, 5.74) is 0. The number of rotatable bonds is 5. The smallest absolute Gasteiger partial charge is 0.233 e. The molecule has 0 spiro atoms. The molecule has 4 unspecified atom stereocenters. The van der Waals surface area contributed by atoms with Crippen molar-refractivity contribution in [2.75, 3.05) is 26.7 Å². The summed E-state index contributed by atoms with van der Waals surface area (Å²) in [6.07, 6.45) is 9.16. The minimum atomic E-state index is -0.0939. The van der Waals surface area contributed by atoms with Crippen LogP contribution in [0.25, 0.3) is 0 Å². The Morgan fingerprint density at radius 2 is 1.80 bits per heavy atom. The Morgan fingerprint density at radius 1 is 1.16 bits per heavy atom. The standard InChI is InChI=1S/C18H26N4O2.HI/c1-19-18(21-10-11-3-2-4-11)20-7-8-22-16(23)14-12-5-6-13(9-12)15(14)17(22)24;/h5-6,11-15H,2-4,7-10H2,1H3,(H2,19,20,21);1H. The average molecular weight is 458 g/mol. The first-order valence-corrected chi connectivity index (χ1v) is 9.17. The predicted octanol–water partition coefficient (Wildman–Crippen LogP) is 1.38. The minimum Gasteiger partial charge on any atom is -0.356 e. The molecule has 0 aromatic carbocycles. The van der Waals surface area contributed by atoms with Gasteiger partial charge in [-0.1, -0.05) is 18.6 Å². The molecule has 2 bridgehead atoms. The Morgan fingerprint density at radius 3 is 2.32 bits per heavy atom. The third-order valence-electron chi connectivity index (χ3n) is 6.20.